The van der Waals surface area contributed by atoms with E-state index in [2.05, 4.69) is 4.90 Å². The molecule has 2 amide bonds. The van der Waals surface area contributed by atoms with Gasteiger partial charge in [0.1, 0.15) is 6.61 Å². The molecule has 4 rings (SSSR count). The summed E-state index contributed by atoms with van der Waals surface area (Å²) in [6, 6.07) is 12.0. The van der Waals surface area contributed by atoms with Crippen LogP contribution in [0.2, 0.25) is 0 Å². The van der Waals surface area contributed by atoms with Crippen LogP contribution in [-0.2, 0) is 4.74 Å². The highest BCUT2D eigenvalue weighted by molar-refractivity contribution is 6.34. The van der Waals surface area contributed by atoms with E-state index < -0.39 is 11.9 Å². The van der Waals surface area contributed by atoms with Crippen LogP contribution >= 0.6 is 0 Å². The molecule has 7 heteroatoms. The first-order valence-electron chi connectivity index (χ1n) is 10.7. The Hall–Kier alpha value is -3.19. The Kier molecular flexibility index (Phi) is 6.04. The summed E-state index contributed by atoms with van der Waals surface area (Å²) in [6.07, 6.45) is 3.62. The van der Waals surface area contributed by atoms with Gasteiger partial charge in [-0.15, -0.1) is 0 Å². The minimum absolute atomic E-state index is 0.229. The molecule has 2 heterocycles. The second-order valence-corrected chi connectivity index (χ2v) is 8.21. The number of carbonyl (C=O) groups is 3. The summed E-state index contributed by atoms with van der Waals surface area (Å²) >= 11 is 0. The van der Waals surface area contributed by atoms with E-state index in [4.69, 9.17) is 4.74 Å². The predicted octanol–water partition coefficient (Wildman–Crippen LogP) is 3.20. The van der Waals surface area contributed by atoms with Gasteiger partial charge in [0.25, 0.3) is 11.8 Å². The van der Waals surface area contributed by atoms with E-state index in [-0.39, 0.29) is 23.6 Å². The topological polar surface area (TPSA) is 70.2 Å². The van der Waals surface area contributed by atoms with Crippen molar-refractivity contribution in [1.82, 2.24) is 4.90 Å². The fourth-order valence-electron chi connectivity index (χ4n) is 3.97. The highest BCUT2D eigenvalue weighted by Crippen LogP contribution is 2.31. The number of piperidine rings is 1. The van der Waals surface area contributed by atoms with Gasteiger partial charge < -0.3 is 14.5 Å². The van der Waals surface area contributed by atoms with Crippen LogP contribution in [0.5, 0.6) is 0 Å². The second kappa shape index (κ2) is 8.89. The number of fused-ring (bicyclic) bond motifs is 1. The number of ether oxygens (including phenoxy) is 1. The molecule has 0 N–H and O–H groups in total. The molecule has 0 atom stereocenters. The summed E-state index contributed by atoms with van der Waals surface area (Å²) in [4.78, 5) is 43.6. The standard InChI is InChI=1S/C24H27N3O4/c1-25(2)14-15-31-24(30)17-6-11-20-21(16-17)23(29)27(22(20)28)19-9-7-18(8-10-19)26-12-4-3-5-13-26/h6-11,16H,3-5,12-15H2,1-2H3. The summed E-state index contributed by atoms with van der Waals surface area (Å²) in [5.74, 6) is -1.30. The molecule has 0 aliphatic carbocycles. The first-order valence-corrected chi connectivity index (χ1v) is 10.7. The van der Waals surface area contributed by atoms with Crippen LogP contribution in [0.4, 0.5) is 11.4 Å². The number of imide groups is 1. The van der Waals surface area contributed by atoms with Crippen LogP contribution in [0.15, 0.2) is 42.5 Å². The number of hydrogen-bond acceptors (Lipinski definition) is 6. The molecule has 0 bridgehead atoms. The van der Waals surface area contributed by atoms with Crippen molar-refractivity contribution in [3.8, 4) is 0 Å². The quantitative estimate of drug-likeness (QED) is 0.527. The lowest BCUT2D eigenvalue weighted by Gasteiger charge is -2.29. The lowest BCUT2D eigenvalue weighted by atomic mass is 10.1. The summed E-state index contributed by atoms with van der Waals surface area (Å²) in [5, 5.41) is 0. The molecule has 0 spiro atoms. The van der Waals surface area contributed by atoms with Gasteiger partial charge in [-0.05, 0) is 75.8 Å². The van der Waals surface area contributed by atoms with Crippen molar-refractivity contribution in [2.45, 2.75) is 19.3 Å². The van der Waals surface area contributed by atoms with Gasteiger partial charge in [0, 0.05) is 25.3 Å². The lowest BCUT2D eigenvalue weighted by Crippen LogP contribution is -2.30. The first kappa shape index (κ1) is 21.1. The number of amides is 2. The first-order chi connectivity index (χ1) is 15.0. The Morgan fingerprint density at radius 2 is 1.55 bits per heavy atom. The number of likely N-dealkylation sites (N-methyl/N-ethyl adjacent to an activating group) is 1. The molecule has 0 saturated carbocycles. The predicted molar refractivity (Wildman–Crippen MR) is 119 cm³/mol. The minimum Gasteiger partial charge on any atom is -0.461 e. The third-order valence-corrected chi connectivity index (χ3v) is 5.72. The van der Waals surface area contributed by atoms with Crippen LogP contribution in [0, 0.1) is 0 Å². The number of hydrogen-bond donors (Lipinski definition) is 0. The van der Waals surface area contributed by atoms with Crippen LogP contribution in [0.25, 0.3) is 0 Å². The maximum atomic E-state index is 13.0. The highest BCUT2D eigenvalue weighted by Gasteiger charge is 2.37. The number of carbonyl (C=O) groups excluding carboxylic acids is 3. The van der Waals surface area contributed by atoms with Crippen molar-refractivity contribution in [2.75, 3.05) is 50.1 Å². The van der Waals surface area contributed by atoms with E-state index in [1.54, 1.807) is 0 Å². The monoisotopic (exact) mass is 421 g/mol. The van der Waals surface area contributed by atoms with E-state index in [0.717, 1.165) is 18.8 Å². The van der Waals surface area contributed by atoms with Crippen LogP contribution < -0.4 is 9.80 Å². The van der Waals surface area contributed by atoms with Crippen molar-refractivity contribution in [2.24, 2.45) is 0 Å². The Balaban J connectivity index is 1.51. The third-order valence-electron chi connectivity index (χ3n) is 5.72. The van der Waals surface area contributed by atoms with Crippen molar-refractivity contribution in [3.05, 3.63) is 59.2 Å². The molecule has 0 unspecified atom stereocenters. The molecule has 7 nitrogen and oxygen atoms in total. The van der Waals surface area contributed by atoms with E-state index in [0.29, 0.717) is 17.8 Å². The number of esters is 1. The van der Waals surface area contributed by atoms with Crippen LogP contribution in [0.3, 0.4) is 0 Å². The second-order valence-electron chi connectivity index (χ2n) is 8.21. The van der Waals surface area contributed by atoms with E-state index in [1.165, 1.54) is 42.4 Å². The van der Waals surface area contributed by atoms with Gasteiger partial charge in [0.15, 0.2) is 0 Å². The Labute approximate surface area is 182 Å². The van der Waals surface area contributed by atoms with Crippen molar-refractivity contribution >= 4 is 29.2 Å². The largest absolute Gasteiger partial charge is 0.461 e. The molecule has 2 aromatic rings. The molecule has 0 radical (unpaired) electrons. The molecular weight excluding hydrogens is 394 g/mol. The summed E-state index contributed by atoms with van der Waals surface area (Å²) in [5.41, 5.74) is 2.42. The average molecular weight is 421 g/mol. The minimum atomic E-state index is -0.505. The van der Waals surface area contributed by atoms with E-state index in [9.17, 15) is 14.4 Å². The van der Waals surface area contributed by atoms with Crippen molar-refractivity contribution in [3.63, 3.8) is 0 Å². The van der Waals surface area contributed by atoms with Gasteiger partial charge in [0.05, 0.1) is 22.4 Å². The van der Waals surface area contributed by atoms with Gasteiger partial charge in [-0.25, -0.2) is 9.69 Å². The molecule has 1 saturated heterocycles. The third kappa shape index (κ3) is 4.32. The molecular formula is C24H27N3O4. The maximum Gasteiger partial charge on any atom is 0.338 e. The van der Waals surface area contributed by atoms with Gasteiger partial charge in [0.2, 0.25) is 0 Å². The lowest BCUT2D eigenvalue weighted by molar-refractivity contribution is 0.0481. The molecule has 1 fully saturated rings. The van der Waals surface area contributed by atoms with Gasteiger partial charge in [-0.1, -0.05) is 0 Å². The zero-order valence-electron chi connectivity index (χ0n) is 18.0. The van der Waals surface area contributed by atoms with Crippen molar-refractivity contribution in [1.29, 1.82) is 0 Å². The number of benzene rings is 2. The van der Waals surface area contributed by atoms with Gasteiger partial charge in [-0.3, -0.25) is 9.59 Å². The fraction of sp³-hybridized carbons (Fsp3) is 0.375. The summed E-state index contributed by atoms with van der Waals surface area (Å²) in [7, 11) is 3.78. The van der Waals surface area contributed by atoms with E-state index >= 15 is 0 Å². The number of rotatable bonds is 6. The Morgan fingerprint density at radius 1 is 0.903 bits per heavy atom. The zero-order chi connectivity index (χ0) is 22.0. The average Bonchev–Trinajstić information content (AvgIpc) is 3.03. The number of anilines is 2. The molecule has 2 aliphatic heterocycles. The van der Waals surface area contributed by atoms with Gasteiger partial charge in [-0.2, -0.15) is 0 Å². The Morgan fingerprint density at radius 3 is 2.23 bits per heavy atom. The normalized spacial score (nSPS) is 16.1. The zero-order valence-corrected chi connectivity index (χ0v) is 18.0. The highest BCUT2D eigenvalue weighted by atomic mass is 16.5. The SMILES string of the molecule is CN(C)CCOC(=O)c1ccc2c(c1)C(=O)N(c1ccc(N3CCCCC3)cc1)C2=O. The van der Waals surface area contributed by atoms with Crippen molar-refractivity contribution < 1.29 is 19.1 Å². The number of nitrogens with zero attached hydrogens (tertiary/aromatic N) is 3. The van der Waals surface area contributed by atoms with Crippen LogP contribution in [-0.4, -0.2) is 63.0 Å². The summed E-state index contributed by atoms with van der Waals surface area (Å²) in [6.45, 7) is 2.92. The molecule has 2 aromatic carbocycles. The smallest absolute Gasteiger partial charge is 0.338 e. The molecule has 31 heavy (non-hydrogen) atoms. The van der Waals surface area contributed by atoms with E-state index in [1.807, 2.05) is 43.3 Å². The molecule has 2 aliphatic rings. The Bertz CT molecular complexity index is 994. The fourth-order valence-corrected chi connectivity index (χ4v) is 3.97. The van der Waals surface area contributed by atoms with Crippen LogP contribution in [0.1, 0.15) is 50.3 Å². The maximum absolute atomic E-state index is 13.0. The molecule has 162 valence electrons. The molecule has 0 aromatic heterocycles. The van der Waals surface area contributed by atoms with Gasteiger partial charge >= 0.3 is 5.97 Å². The summed E-state index contributed by atoms with van der Waals surface area (Å²) < 4.78 is 5.25.